The zero-order valence-electron chi connectivity index (χ0n) is 6.06. The Labute approximate surface area is 68.4 Å². The molecule has 58 valence electrons. The number of rotatable bonds is 3. The molecule has 6 heteroatoms. The molecular weight excluding hydrogens is 162 g/mol. The quantitative estimate of drug-likeness (QED) is 0.650. The molecule has 0 unspecified atom stereocenters. The highest BCUT2D eigenvalue weighted by Gasteiger charge is 2.03. The average molecular weight is 169 g/mol. The minimum absolute atomic E-state index is 0.496. The Morgan fingerprint density at radius 2 is 2.55 bits per heavy atom. The molecule has 0 N–H and O–H groups in total. The van der Waals surface area contributed by atoms with Gasteiger partial charge in [0.1, 0.15) is 0 Å². The summed E-state index contributed by atoms with van der Waals surface area (Å²) in [4.78, 5) is 1.86. The van der Waals surface area contributed by atoms with E-state index in [1.165, 1.54) is 11.5 Å². The van der Waals surface area contributed by atoms with E-state index in [1.54, 1.807) is 0 Å². The van der Waals surface area contributed by atoms with E-state index in [1.807, 2.05) is 11.9 Å². The van der Waals surface area contributed by atoms with Gasteiger partial charge in [0.05, 0.1) is 12.5 Å². The van der Waals surface area contributed by atoms with Crippen molar-refractivity contribution in [2.45, 2.75) is 6.42 Å². The normalized spacial score (nSPS) is 9.09. The second-order valence-electron chi connectivity index (χ2n) is 1.97. The molecule has 0 aliphatic rings. The number of nitriles is 1. The van der Waals surface area contributed by atoms with Gasteiger partial charge in [-0.3, -0.25) is 0 Å². The van der Waals surface area contributed by atoms with E-state index >= 15 is 0 Å². The van der Waals surface area contributed by atoms with Crippen LogP contribution in [0.5, 0.6) is 0 Å². The minimum Gasteiger partial charge on any atom is -0.347 e. The summed E-state index contributed by atoms with van der Waals surface area (Å²) in [5, 5.41) is 16.2. The average Bonchev–Trinajstić information content (AvgIpc) is 2.52. The standard InChI is InChI=1S/C5H7N5S/c1-10(4-2-3-6)5-7-8-9-11-5/h2,4H2,1H3. The van der Waals surface area contributed by atoms with Gasteiger partial charge in [0, 0.05) is 25.1 Å². The lowest BCUT2D eigenvalue weighted by Crippen LogP contribution is -2.17. The van der Waals surface area contributed by atoms with E-state index in [2.05, 4.69) is 20.9 Å². The van der Waals surface area contributed by atoms with Crippen molar-refractivity contribution in [1.82, 2.24) is 14.8 Å². The summed E-state index contributed by atoms with van der Waals surface area (Å²) in [6.07, 6.45) is 0.496. The topological polar surface area (TPSA) is 65.7 Å². The van der Waals surface area contributed by atoms with E-state index in [0.717, 1.165) is 5.13 Å². The van der Waals surface area contributed by atoms with Gasteiger partial charge in [0.2, 0.25) is 5.13 Å². The van der Waals surface area contributed by atoms with Crippen molar-refractivity contribution in [3.8, 4) is 6.07 Å². The Hall–Kier alpha value is -1.22. The van der Waals surface area contributed by atoms with Crippen molar-refractivity contribution in [2.75, 3.05) is 18.5 Å². The van der Waals surface area contributed by atoms with Gasteiger partial charge < -0.3 is 4.90 Å². The lowest BCUT2D eigenvalue weighted by atomic mass is 10.4. The van der Waals surface area contributed by atoms with Gasteiger partial charge >= 0.3 is 0 Å². The summed E-state index contributed by atoms with van der Waals surface area (Å²) in [6.45, 7) is 0.674. The largest absolute Gasteiger partial charge is 0.347 e. The first-order valence-corrected chi connectivity index (χ1v) is 3.85. The zero-order chi connectivity index (χ0) is 8.10. The van der Waals surface area contributed by atoms with E-state index in [-0.39, 0.29) is 0 Å². The summed E-state index contributed by atoms with van der Waals surface area (Å²) < 4.78 is 3.61. The Kier molecular flexibility index (Phi) is 2.74. The van der Waals surface area contributed by atoms with Gasteiger partial charge in [-0.05, 0) is 5.21 Å². The molecular formula is C5H7N5S. The maximum absolute atomic E-state index is 8.29. The van der Waals surface area contributed by atoms with Gasteiger partial charge in [-0.15, -0.1) is 0 Å². The molecule has 0 saturated carbocycles. The third kappa shape index (κ3) is 2.13. The number of nitrogens with zero attached hydrogens (tertiary/aromatic N) is 5. The lowest BCUT2D eigenvalue weighted by Gasteiger charge is -2.10. The Balaban J connectivity index is 2.44. The molecule has 0 aliphatic heterocycles. The smallest absolute Gasteiger partial charge is 0.227 e. The number of aromatic nitrogens is 3. The van der Waals surface area contributed by atoms with Gasteiger partial charge in [0.15, 0.2) is 0 Å². The molecule has 5 nitrogen and oxygen atoms in total. The number of anilines is 1. The molecule has 0 spiro atoms. The van der Waals surface area contributed by atoms with Crippen LogP contribution in [-0.2, 0) is 0 Å². The van der Waals surface area contributed by atoms with Crippen LogP contribution in [0, 0.1) is 11.3 Å². The maximum atomic E-state index is 8.29. The fraction of sp³-hybridized carbons (Fsp3) is 0.600. The summed E-state index contributed by atoms with van der Waals surface area (Å²) >= 11 is 1.23. The van der Waals surface area contributed by atoms with Crippen molar-refractivity contribution >= 4 is 16.7 Å². The van der Waals surface area contributed by atoms with Crippen LogP contribution in [0.15, 0.2) is 0 Å². The monoisotopic (exact) mass is 169 g/mol. The lowest BCUT2D eigenvalue weighted by molar-refractivity contribution is 0.866. The van der Waals surface area contributed by atoms with Crippen molar-refractivity contribution in [3.05, 3.63) is 0 Å². The van der Waals surface area contributed by atoms with Crippen molar-refractivity contribution < 1.29 is 0 Å². The highest BCUT2D eigenvalue weighted by atomic mass is 32.1. The van der Waals surface area contributed by atoms with E-state index < -0.39 is 0 Å². The Morgan fingerprint density at radius 3 is 3.09 bits per heavy atom. The molecule has 0 aliphatic carbocycles. The molecule has 0 bridgehead atoms. The molecule has 1 heterocycles. The summed E-state index contributed by atoms with van der Waals surface area (Å²) in [5.74, 6) is 0. The van der Waals surface area contributed by atoms with Crippen LogP contribution in [-0.4, -0.2) is 28.4 Å². The highest BCUT2D eigenvalue weighted by molar-refractivity contribution is 7.09. The van der Waals surface area contributed by atoms with E-state index in [0.29, 0.717) is 13.0 Å². The van der Waals surface area contributed by atoms with Crippen LogP contribution in [0.4, 0.5) is 5.13 Å². The Morgan fingerprint density at radius 1 is 1.73 bits per heavy atom. The summed E-state index contributed by atoms with van der Waals surface area (Å²) in [5.41, 5.74) is 0. The van der Waals surface area contributed by atoms with Crippen molar-refractivity contribution in [2.24, 2.45) is 0 Å². The molecule has 0 fully saturated rings. The van der Waals surface area contributed by atoms with Crippen molar-refractivity contribution in [1.29, 1.82) is 5.26 Å². The van der Waals surface area contributed by atoms with Crippen LogP contribution in [0.3, 0.4) is 0 Å². The third-order valence-electron chi connectivity index (χ3n) is 1.17. The molecule has 1 aromatic heterocycles. The molecule has 0 aromatic carbocycles. The van der Waals surface area contributed by atoms with Gasteiger partial charge in [-0.25, -0.2) is 0 Å². The maximum Gasteiger partial charge on any atom is 0.227 e. The van der Waals surface area contributed by atoms with Gasteiger partial charge in [-0.2, -0.15) is 5.26 Å². The zero-order valence-corrected chi connectivity index (χ0v) is 6.88. The first kappa shape index (κ1) is 7.88. The van der Waals surface area contributed by atoms with Gasteiger partial charge in [-0.1, -0.05) is 9.59 Å². The van der Waals surface area contributed by atoms with Crippen LogP contribution in [0.2, 0.25) is 0 Å². The van der Waals surface area contributed by atoms with Crippen molar-refractivity contribution in [3.63, 3.8) is 0 Å². The predicted molar refractivity (Wildman–Crippen MR) is 41.2 cm³/mol. The van der Waals surface area contributed by atoms with Crippen LogP contribution < -0.4 is 4.90 Å². The molecule has 1 aromatic rings. The summed E-state index contributed by atoms with van der Waals surface area (Å²) in [6, 6.07) is 2.05. The molecule has 11 heavy (non-hydrogen) atoms. The highest BCUT2D eigenvalue weighted by Crippen LogP contribution is 2.10. The van der Waals surface area contributed by atoms with Gasteiger partial charge in [0.25, 0.3) is 0 Å². The van der Waals surface area contributed by atoms with Crippen LogP contribution >= 0.6 is 11.5 Å². The fourth-order valence-corrected chi connectivity index (χ4v) is 1.04. The minimum atomic E-state index is 0.496. The first-order chi connectivity index (χ1) is 5.34. The second kappa shape index (κ2) is 3.83. The predicted octanol–water partition coefficient (Wildman–Crippen LogP) is 0.283. The fourth-order valence-electron chi connectivity index (χ4n) is 0.589. The van der Waals surface area contributed by atoms with E-state index in [9.17, 15) is 0 Å². The third-order valence-corrected chi connectivity index (χ3v) is 1.89. The molecule has 0 atom stereocenters. The Bertz CT molecular complexity index is 238. The van der Waals surface area contributed by atoms with Crippen LogP contribution in [0.1, 0.15) is 6.42 Å². The first-order valence-electron chi connectivity index (χ1n) is 3.07. The SMILES string of the molecule is CN(CCC#N)c1nnns1. The molecule has 0 amide bonds. The number of hydrogen-bond donors (Lipinski definition) is 0. The summed E-state index contributed by atoms with van der Waals surface area (Å²) in [7, 11) is 1.86. The number of hydrogen-bond acceptors (Lipinski definition) is 6. The van der Waals surface area contributed by atoms with E-state index in [4.69, 9.17) is 5.26 Å². The van der Waals surface area contributed by atoms with Crippen LogP contribution in [0.25, 0.3) is 0 Å². The molecule has 0 saturated heterocycles. The molecule has 0 radical (unpaired) electrons. The second-order valence-corrected chi connectivity index (χ2v) is 2.69. The molecule has 1 rings (SSSR count).